The van der Waals surface area contributed by atoms with E-state index in [4.69, 9.17) is 9.47 Å². The summed E-state index contributed by atoms with van der Waals surface area (Å²) >= 11 is 0. The van der Waals surface area contributed by atoms with E-state index < -0.39 is 0 Å². The van der Waals surface area contributed by atoms with Crippen LogP contribution >= 0.6 is 0 Å². The fraction of sp³-hybridized carbons (Fsp3) is 0.0833. The predicted octanol–water partition coefficient (Wildman–Crippen LogP) is 3.94. The highest BCUT2D eigenvalue weighted by Gasteiger charge is 2.17. The molecule has 4 aromatic rings. The van der Waals surface area contributed by atoms with Crippen molar-refractivity contribution >= 4 is 22.7 Å². The van der Waals surface area contributed by atoms with Gasteiger partial charge in [0, 0.05) is 17.0 Å². The molecule has 0 saturated carbocycles. The number of aromatic nitrogens is 1. The highest BCUT2D eigenvalue weighted by Crippen LogP contribution is 2.33. The molecule has 7 heteroatoms. The third-order valence-corrected chi connectivity index (χ3v) is 5.18. The third kappa shape index (κ3) is 3.36. The number of hydrogen-bond donors (Lipinski definition) is 2. The van der Waals surface area contributed by atoms with E-state index >= 15 is 0 Å². The molecular formula is C24H18N2O5. The lowest BCUT2D eigenvalue weighted by Crippen LogP contribution is -2.22. The summed E-state index contributed by atoms with van der Waals surface area (Å²) in [6, 6.07) is 19.1. The van der Waals surface area contributed by atoms with Crippen molar-refractivity contribution in [1.82, 2.24) is 4.57 Å². The van der Waals surface area contributed by atoms with Gasteiger partial charge >= 0.3 is 0 Å². The van der Waals surface area contributed by atoms with E-state index in [1.807, 2.05) is 6.07 Å². The minimum Gasteiger partial charge on any atom is -0.506 e. The number of pyridine rings is 1. The summed E-state index contributed by atoms with van der Waals surface area (Å²) in [6.45, 7) is 0.302. The summed E-state index contributed by atoms with van der Waals surface area (Å²) in [5.74, 6) is 1.07. The van der Waals surface area contributed by atoms with Crippen LogP contribution in [0.4, 0.5) is 5.69 Å². The molecule has 2 heterocycles. The second kappa shape index (κ2) is 7.53. The lowest BCUT2D eigenvalue weighted by atomic mass is 10.1. The van der Waals surface area contributed by atoms with Gasteiger partial charge in [0.05, 0.1) is 12.1 Å². The number of phenols is 1. The molecule has 0 saturated heterocycles. The first kappa shape index (κ1) is 18.7. The molecule has 0 unspecified atom stereocenters. The Morgan fingerprint density at radius 2 is 1.68 bits per heavy atom. The van der Waals surface area contributed by atoms with Crippen LogP contribution in [0.15, 0.2) is 76.5 Å². The van der Waals surface area contributed by atoms with E-state index in [1.54, 1.807) is 54.6 Å². The lowest BCUT2D eigenvalue weighted by Gasteiger charge is -2.14. The molecule has 7 nitrogen and oxygen atoms in total. The van der Waals surface area contributed by atoms with E-state index in [-0.39, 0.29) is 30.5 Å². The Morgan fingerprint density at radius 1 is 0.935 bits per heavy atom. The molecule has 0 bridgehead atoms. The van der Waals surface area contributed by atoms with Crippen molar-refractivity contribution in [3.05, 3.63) is 88.2 Å². The summed E-state index contributed by atoms with van der Waals surface area (Å²) in [4.78, 5) is 17.5. The van der Waals surface area contributed by atoms with Gasteiger partial charge in [-0.3, -0.25) is 14.4 Å². The summed E-state index contributed by atoms with van der Waals surface area (Å²) in [5.41, 5.74) is 1.21. The Labute approximate surface area is 177 Å². The van der Waals surface area contributed by atoms with Crippen LogP contribution in [0.25, 0.3) is 10.8 Å². The maximum atomic E-state index is 13.1. The minimum absolute atomic E-state index is 0.0243. The van der Waals surface area contributed by atoms with Crippen molar-refractivity contribution in [3.63, 3.8) is 0 Å². The van der Waals surface area contributed by atoms with Gasteiger partial charge < -0.3 is 19.7 Å². The Morgan fingerprint density at radius 3 is 2.52 bits per heavy atom. The Hall–Kier alpha value is -4.26. The number of phenolic OH excluding ortho intramolecular Hbond substituents is 1. The molecule has 0 amide bonds. The fourth-order valence-electron chi connectivity index (χ4n) is 3.62. The lowest BCUT2D eigenvalue weighted by molar-refractivity contribution is 0.174. The molecule has 5 rings (SSSR count). The first-order chi connectivity index (χ1) is 15.1. The highest BCUT2D eigenvalue weighted by atomic mass is 16.7. The quantitative estimate of drug-likeness (QED) is 0.494. The van der Waals surface area contributed by atoms with Gasteiger partial charge in [-0.2, -0.15) is 0 Å². The van der Waals surface area contributed by atoms with E-state index in [1.165, 1.54) is 16.8 Å². The third-order valence-electron chi connectivity index (χ3n) is 5.18. The summed E-state index contributed by atoms with van der Waals surface area (Å²) < 4.78 is 12.0. The van der Waals surface area contributed by atoms with Crippen molar-refractivity contribution < 1.29 is 19.7 Å². The van der Waals surface area contributed by atoms with Crippen molar-refractivity contribution in [2.45, 2.75) is 6.54 Å². The van der Waals surface area contributed by atoms with Crippen LogP contribution < -0.4 is 15.0 Å². The van der Waals surface area contributed by atoms with Crippen molar-refractivity contribution in [3.8, 4) is 23.1 Å². The molecule has 3 aromatic carbocycles. The Balaban J connectivity index is 1.64. The smallest absolute Gasteiger partial charge is 0.261 e. The molecular weight excluding hydrogens is 396 g/mol. The molecule has 154 valence electrons. The number of rotatable bonds is 4. The number of aromatic hydroxyl groups is 2. The molecule has 1 aromatic heterocycles. The van der Waals surface area contributed by atoms with E-state index in [2.05, 4.69) is 4.99 Å². The van der Waals surface area contributed by atoms with Gasteiger partial charge in [-0.15, -0.1) is 0 Å². The number of benzene rings is 3. The van der Waals surface area contributed by atoms with E-state index in [0.29, 0.717) is 33.5 Å². The SMILES string of the molecule is O=c1c2ccccc2c(C=Nc2ccccc2O)c(O)n1Cc1ccc2c(c1)OCO2. The molecule has 0 fully saturated rings. The molecule has 0 radical (unpaired) electrons. The van der Waals surface area contributed by atoms with Gasteiger partial charge in [-0.05, 0) is 35.9 Å². The zero-order valence-electron chi connectivity index (χ0n) is 16.4. The van der Waals surface area contributed by atoms with Gasteiger partial charge in [0.2, 0.25) is 12.7 Å². The van der Waals surface area contributed by atoms with Crippen LogP contribution in [-0.2, 0) is 6.54 Å². The number of fused-ring (bicyclic) bond motifs is 2. The number of nitrogens with zero attached hydrogens (tertiary/aromatic N) is 2. The number of aliphatic imine (C=N–C) groups is 1. The Bertz CT molecular complexity index is 1390. The monoisotopic (exact) mass is 414 g/mol. The number of hydrogen-bond acceptors (Lipinski definition) is 6. The average molecular weight is 414 g/mol. The molecule has 2 N–H and O–H groups in total. The first-order valence-corrected chi connectivity index (χ1v) is 9.67. The molecule has 0 spiro atoms. The van der Waals surface area contributed by atoms with Gasteiger partial charge in [-0.1, -0.05) is 36.4 Å². The van der Waals surface area contributed by atoms with Gasteiger partial charge in [-0.25, -0.2) is 0 Å². The van der Waals surface area contributed by atoms with Crippen molar-refractivity contribution in [2.24, 2.45) is 4.99 Å². The summed E-state index contributed by atoms with van der Waals surface area (Å²) in [5, 5.41) is 22.0. The van der Waals surface area contributed by atoms with Crippen molar-refractivity contribution in [1.29, 1.82) is 0 Å². The highest BCUT2D eigenvalue weighted by molar-refractivity contribution is 6.02. The number of ether oxygens (including phenoxy) is 2. The largest absolute Gasteiger partial charge is 0.506 e. The Kier molecular flexibility index (Phi) is 4.55. The van der Waals surface area contributed by atoms with Crippen LogP contribution in [0, 0.1) is 0 Å². The minimum atomic E-state index is -0.314. The maximum Gasteiger partial charge on any atom is 0.261 e. The molecule has 0 aliphatic carbocycles. The van der Waals surface area contributed by atoms with Gasteiger partial charge in [0.15, 0.2) is 11.5 Å². The van der Waals surface area contributed by atoms with Crippen LogP contribution in [0.1, 0.15) is 11.1 Å². The van der Waals surface area contributed by atoms with Crippen LogP contribution in [0.2, 0.25) is 0 Å². The summed E-state index contributed by atoms with van der Waals surface area (Å²) in [6.07, 6.45) is 1.46. The zero-order valence-corrected chi connectivity index (χ0v) is 16.4. The molecule has 0 atom stereocenters. The zero-order chi connectivity index (χ0) is 21.4. The van der Waals surface area contributed by atoms with Crippen LogP contribution in [-0.4, -0.2) is 27.8 Å². The van der Waals surface area contributed by atoms with Gasteiger partial charge in [0.25, 0.3) is 5.56 Å². The van der Waals surface area contributed by atoms with Crippen LogP contribution in [0.5, 0.6) is 23.1 Å². The van der Waals surface area contributed by atoms with E-state index in [0.717, 1.165) is 5.56 Å². The first-order valence-electron chi connectivity index (χ1n) is 9.67. The number of para-hydroxylation sites is 2. The standard InChI is InChI=1S/C24H18N2O5/c27-20-8-4-3-7-19(20)25-12-18-16-5-1-2-6-17(16)23(28)26(24(18)29)13-15-9-10-21-22(11-15)31-14-30-21/h1-12,27,29H,13-14H2. The fourth-order valence-corrected chi connectivity index (χ4v) is 3.62. The topological polar surface area (TPSA) is 93.3 Å². The molecule has 1 aliphatic heterocycles. The molecule has 31 heavy (non-hydrogen) atoms. The van der Waals surface area contributed by atoms with Gasteiger partial charge in [0.1, 0.15) is 11.4 Å². The molecule has 1 aliphatic rings. The summed E-state index contributed by atoms with van der Waals surface area (Å²) in [7, 11) is 0. The second-order valence-electron chi connectivity index (χ2n) is 7.11. The maximum absolute atomic E-state index is 13.1. The average Bonchev–Trinajstić information content (AvgIpc) is 3.26. The normalized spacial score (nSPS) is 12.6. The van der Waals surface area contributed by atoms with Crippen molar-refractivity contribution in [2.75, 3.05) is 6.79 Å². The second-order valence-corrected chi connectivity index (χ2v) is 7.11. The predicted molar refractivity (Wildman–Crippen MR) is 117 cm³/mol. The van der Waals surface area contributed by atoms with Crippen LogP contribution in [0.3, 0.4) is 0 Å². The van der Waals surface area contributed by atoms with E-state index in [9.17, 15) is 15.0 Å².